The summed E-state index contributed by atoms with van der Waals surface area (Å²) >= 11 is 1.73. The smallest absolute Gasteiger partial charge is 0.391 e. The minimum atomic E-state index is -5.50. The third kappa shape index (κ3) is 37.6. The number of phosphoric acid groups is 1. The lowest BCUT2D eigenvalue weighted by molar-refractivity contribution is -0.144. The third-order valence-corrected chi connectivity index (χ3v) is 21.6. The third-order valence-electron chi connectivity index (χ3n) is 19.6. The summed E-state index contributed by atoms with van der Waals surface area (Å²) < 4.78 is 16.9. The van der Waals surface area contributed by atoms with E-state index < -0.39 is 233 Å². The monoisotopic (exact) mass is 1740 g/mol. The van der Waals surface area contributed by atoms with E-state index in [4.69, 9.17) is 44.7 Å². The average molecular weight is 1740 g/mol. The SMILES string of the molecule is CC(C)C[C@H](NC(=O)[C@@H]1CCCN1C(=O)[C@H](COP(=O)(O)O)NC(=O)[C@@H](NC(=O)[C@H](CCCCN)NC(=O)[C@H](CCCCN)NC(=O)[C@H](CCC(N)=O)NC(=O)[C@H](CCC(N)=O)NC(=O)CNC(=O)CNC(=O)CCCC[C@@H]1SC[C@@H]2NC(=O)N[C@@H]21)[C@@H](C)O)C(=O)N[C@@H](CC(N)=O)C(=O)N[C@@H](Cc1ccccc1)C(=O)N[C@@H](CCCCN)C(N)=O. The number of rotatable bonds is 58. The van der Waals surface area contributed by atoms with Gasteiger partial charge in [0.2, 0.25) is 100 Å². The van der Waals surface area contributed by atoms with Crippen LogP contribution in [0.1, 0.15) is 161 Å². The molecule has 47 heteroatoms. The molecule has 0 unspecified atom stereocenters. The van der Waals surface area contributed by atoms with Crippen LogP contribution >= 0.6 is 19.6 Å². The van der Waals surface area contributed by atoms with Crippen LogP contribution in [0.5, 0.6) is 0 Å². The van der Waals surface area contributed by atoms with Gasteiger partial charge >= 0.3 is 13.9 Å². The number of benzene rings is 1. The Labute approximate surface area is 698 Å². The van der Waals surface area contributed by atoms with E-state index in [9.17, 15) is 106 Å². The second kappa shape index (κ2) is 52.7. The van der Waals surface area contributed by atoms with Crippen LogP contribution in [0.25, 0.3) is 0 Å². The Hall–Kier alpha value is -10.2. The summed E-state index contributed by atoms with van der Waals surface area (Å²) in [7, 11) is -5.50. The number of urea groups is 1. The molecule has 0 bridgehead atoms. The minimum absolute atomic E-state index is 0.00377. The molecule has 3 aliphatic rings. The van der Waals surface area contributed by atoms with Gasteiger partial charge in [-0.05, 0) is 141 Å². The van der Waals surface area contributed by atoms with Crippen molar-refractivity contribution >= 4 is 126 Å². The molecule has 0 radical (unpaired) electrons. The fourth-order valence-corrected chi connectivity index (χ4v) is 15.2. The van der Waals surface area contributed by atoms with Gasteiger partial charge < -0.3 is 134 Å². The number of phosphoric ester groups is 1. The first-order chi connectivity index (χ1) is 56.7. The topological polar surface area (TPSA) is 748 Å². The number of fused-ring (bicyclic) bond motifs is 1. The molecule has 1 aromatic rings. The molecule has 4 rings (SSSR count). The molecule has 0 aliphatic carbocycles. The van der Waals surface area contributed by atoms with Gasteiger partial charge in [-0.2, -0.15) is 11.8 Å². The fraction of sp³-hybridized carbons (Fsp3) is 0.671. The van der Waals surface area contributed by atoms with Crippen LogP contribution in [0, 0.1) is 5.92 Å². The number of hydrogen-bond acceptors (Lipinski definition) is 25. The molecular weight excluding hydrogens is 1620 g/mol. The second-order valence-corrected chi connectivity index (χ2v) is 32.5. The summed E-state index contributed by atoms with van der Waals surface area (Å²) in [6.07, 6.45) is -1.69. The van der Waals surface area contributed by atoms with E-state index in [0.29, 0.717) is 37.8 Å². The van der Waals surface area contributed by atoms with E-state index in [2.05, 4.69) is 74.4 Å². The molecular formula is C73H121N22O23PS. The van der Waals surface area contributed by atoms with Gasteiger partial charge in [-0.3, -0.25) is 86.0 Å². The van der Waals surface area contributed by atoms with Crippen LogP contribution in [0.15, 0.2) is 30.3 Å². The molecule has 15 atom stereocenters. The first-order valence-electron chi connectivity index (χ1n) is 40.0. The molecule has 0 spiro atoms. The number of nitrogens with two attached hydrogens (primary N) is 7. The normalized spacial score (nSPS) is 18.2. The van der Waals surface area contributed by atoms with Crippen LogP contribution in [-0.4, -0.2) is 268 Å². The lowest BCUT2D eigenvalue weighted by Crippen LogP contribution is -2.62. The van der Waals surface area contributed by atoms with E-state index in [1.165, 1.54) is 0 Å². The summed E-state index contributed by atoms with van der Waals surface area (Å²) in [4.78, 5) is 263. The number of unbranched alkanes of at least 4 members (excludes halogenated alkanes) is 4. The van der Waals surface area contributed by atoms with Gasteiger partial charge in [0, 0.05) is 43.2 Å². The van der Waals surface area contributed by atoms with Gasteiger partial charge in [0.25, 0.3) is 0 Å². The number of nitrogens with zero attached hydrogens (tertiary/aromatic N) is 1. The van der Waals surface area contributed by atoms with Crippen LogP contribution in [0.2, 0.25) is 0 Å². The van der Waals surface area contributed by atoms with Crippen molar-refractivity contribution in [2.24, 2.45) is 46.1 Å². The maximum absolute atomic E-state index is 14.7. The summed E-state index contributed by atoms with van der Waals surface area (Å²) in [5.74, 6) is -16.7. The predicted octanol–water partition coefficient (Wildman–Crippen LogP) is -8.16. The summed E-state index contributed by atoms with van der Waals surface area (Å²) in [6.45, 7) is 2.01. The summed E-state index contributed by atoms with van der Waals surface area (Å²) in [5.41, 5.74) is 39.7. The molecule has 3 saturated heterocycles. The van der Waals surface area contributed by atoms with Gasteiger partial charge in [0.05, 0.1) is 44.3 Å². The molecule has 31 N–H and O–H groups in total. The van der Waals surface area contributed by atoms with Crippen molar-refractivity contribution in [3.05, 3.63) is 35.9 Å². The fourth-order valence-electron chi connectivity index (χ4n) is 13.3. The number of primary amides is 4. The van der Waals surface area contributed by atoms with Crippen molar-refractivity contribution < 1.29 is 110 Å². The van der Waals surface area contributed by atoms with E-state index in [0.717, 1.165) is 24.0 Å². The maximum atomic E-state index is 14.7. The molecule has 0 saturated carbocycles. The van der Waals surface area contributed by atoms with Crippen molar-refractivity contribution in [3.63, 3.8) is 0 Å². The molecule has 19 amide bonds. The van der Waals surface area contributed by atoms with Crippen molar-refractivity contribution in [2.75, 3.05) is 51.6 Å². The number of aliphatic hydroxyl groups excluding tert-OH is 1. The molecule has 3 fully saturated rings. The van der Waals surface area contributed by atoms with Gasteiger partial charge in [-0.15, -0.1) is 0 Å². The molecule has 45 nitrogen and oxygen atoms in total. The zero-order chi connectivity index (χ0) is 89.3. The lowest BCUT2D eigenvalue weighted by atomic mass is 10.0. The number of nitrogens with one attached hydrogen (secondary N) is 14. The number of likely N-dealkylation sites (tertiary alicyclic amines) is 1. The Bertz CT molecular complexity index is 3740. The number of aliphatic hydroxyl groups is 1. The molecule has 120 heavy (non-hydrogen) atoms. The highest BCUT2D eigenvalue weighted by Gasteiger charge is 2.45. The Morgan fingerprint density at radius 2 is 1.02 bits per heavy atom. The van der Waals surface area contributed by atoms with Crippen LogP contribution in [0.4, 0.5) is 4.79 Å². The standard InChI is InChI=1S/C73H121N22O23PS/c1-39(2)32-47(67(108)89-49(34-56(79)99)69(110)88-48(33-41-16-5-4-6-17-41)68(109)84-42(62(80)103)18-9-12-28-74)90-70(111)52-21-15-31-95(52)72(113)50(37-118-119(115,116)117)91-71(112)60(40(3)96)93-66(107)44(20-11-14-30-76)86-63(104)43(19-10-13-29-75)85-65(106)46(25-27-55(78)98)87-64(105)45(24-26-54(77)97)83-59(102)36-82-58(101)35-81-57(100)23-8-7-22-53-61-51(38-120-53)92-73(114)94-61/h4-6,16-17,39-40,42-53,60-61,96H,7-15,18-38,74-76H2,1-3H3,(H2,77,97)(H2,78,98)(H2,79,99)(H2,80,103)(H,81,100)(H,82,101)(H,83,102)(H,84,109)(H,85,106)(H,86,104)(H,87,105)(H,88,110)(H,89,108)(H,90,111)(H,91,112)(H,93,107)(H2,92,94,114)(H2,115,116,117)/t40-,42+,43+,44+,45+,46+,47+,48+,49+,50+,51+,52+,53+,60+,61+/m1/s1. The first kappa shape index (κ1) is 102. The van der Waals surface area contributed by atoms with Gasteiger partial charge in [-0.1, -0.05) is 50.6 Å². The predicted molar refractivity (Wildman–Crippen MR) is 432 cm³/mol. The van der Waals surface area contributed by atoms with Crippen LogP contribution in [0.3, 0.4) is 0 Å². The van der Waals surface area contributed by atoms with Gasteiger partial charge in [0.1, 0.15) is 66.5 Å². The van der Waals surface area contributed by atoms with Gasteiger partial charge in [0.15, 0.2) is 0 Å². The summed E-state index contributed by atoms with van der Waals surface area (Å²) in [6, 6.07) is -10.1. The Morgan fingerprint density at radius 1 is 0.533 bits per heavy atom. The Balaban J connectivity index is 1.51. The van der Waals surface area contributed by atoms with Crippen molar-refractivity contribution in [1.29, 1.82) is 0 Å². The van der Waals surface area contributed by atoms with E-state index in [1.807, 2.05) is 0 Å². The molecule has 672 valence electrons. The van der Waals surface area contributed by atoms with Crippen molar-refractivity contribution in [1.82, 2.24) is 79.3 Å². The first-order valence-corrected chi connectivity index (χ1v) is 42.5. The molecule has 3 heterocycles. The second-order valence-electron chi connectivity index (χ2n) is 30.0. The molecule has 0 aromatic heterocycles. The van der Waals surface area contributed by atoms with Crippen molar-refractivity contribution in [3.8, 4) is 0 Å². The number of carbonyl (C=O) groups is 18. The van der Waals surface area contributed by atoms with Crippen molar-refractivity contribution in [2.45, 2.75) is 252 Å². The minimum Gasteiger partial charge on any atom is -0.391 e. The number of amides is 19. The molecule has 1 aromatic carbocycles. The maximum Gasteiger partial charge on any atom is 0.469 e. The van der Waals surface area contributed by atoms with E-state index in [1.54, 1.807) is 55.9 Å². The summed E-state index contributed by atoms with van der Waals surface area (Å²) in [5, 5.41) is 46.2. The lowest BCUT2D eigenvalue weighted by Gasteiger charge is -2.31. The van der Waals surface area contributed by atoms with E-state index in [-0.39, 0.29) is 126 Å². The highest BCUT2D eigenvalue weighted by molar-refractivity contribution is 8.00. The Kier molecular flexibility index (Phi) is 44.9. The Morgan fingerprint density at radius 3 is 1.55 bits per heavy atom. The largest absolute Gasteiger partial charge is 0.469 e. The number of thioether (sulfide) groups is 1. The molecule has 3 aliphatic heterocycles. The highest BCUT2D eigenvalue weighted by atomic mass is 32.2. The number of carbonyl (C=O) groups excluding carboxylic acids is 18. The quantitative estimate of drug-likeness (QED) is 0.0164. The van der Waals surface area contributed by atoms with Crippen LogP contribution < -0.4 is 115 Å². The van der Waals surface area contributed by atoms with Gasteiger partial charge in [-0.25, -0.2) is 9.36 Å². The highest BCUT2D eigenvalue weighted by Crippen LogP contribution is 2.36. The zero-order valence-corrected chi connectivity index (χ0v) is 69.4. The zero-order valence-electron chi connectivity index (χ0n) is 67.7. The van der Waals surface area contributed by atoms with Crippen LogP contribution in [-0.2, 0) is 97.0 Å². The van der Waals surface area contributed by atoms with E-state index >= 15 is 0 Å². The number of hydrogen-bond donors (Lipinski definition) is 24. The average Bonchev–Trinajstić information content (AvgIpc) is 1.66.